The van der Waals surface area contributed by atoms with Crippen LogP contribution in [0.3, 0.4) is 0 Å². The number of rotatable bonds is 0. The van der Waals surface area contributed by atoms with Crippen molar-refractivity contribution in [3.05, 3.63) is 0 Å². The Labute approximate surface area is 97.4 Å². The zero-order valence-electron chi connectivity index (χ0n) is 11.0. The Morgan fingerprint density at radius 2 is 1.31 bits per heavy atom. The van der Waals surface area contributed by atoms with Crippen LogP contribution in [-0.2, 0) is 0 Å². The van der Waals surface area contributed by atoms with Gasteiger partial charge in [-0.25, -0.2) is 9.59 Å². The van der Waals surface area contributed by atoms with Crippen LogP contribution in [0.2, 0.25) is 0 Å². The molecular weight excluding hydrogens is 208 g/mol. The second-order valence-corrected chi connectivity index (χ2v) is 4.20. The van der Waals surface area contributed by atoms with Crippen LogP contribution in [0.5, 0.6) is 0 Å². The number of urea groups is 2. The van der Waals surface area contributed by atoms with E-state index in [1.54, 1.807) is 38.0 Å². The molecule has 6 heteroatoms. The fraction of sp³-hybridized carbons (Fsp3) is 0.800. The Balaban J connectivity index is 0.000000281. The summed E-state index contributed by atoms with van der Waals surface area (Å²) in [5.74, 6) is 0. The molecule has 0 aliphatic carbocycles. The zero-order chi connectivity index (χ0) is 12.9. The molecule has 1 saturated heterocycles. The summed E-state index contributed by atoms with van der Waals surface area (Å²) in [5, 5.41) is 0. The second-order valence-electron chi connectivity index (χ2n) is 4.20. The molecule has 16 heavy (non-hydrogen) atoms. The van der Waals surface area contributed by atoms with E-state index >= 15 is 0 Å². The van der Waals surface area contributed by atoms with E-state index in [1.807, 2.05) is 14.1 Å². The van der Waals surface area contributed by atoms with Crippen LogP contribution in [0.25, 0.3) is 0 Å². The van der Waals surface area contributed by atoms with Crippen molar-refractivity contribution in [3.63, 3.8) is 0 Å². The van der Waals surface area contributed by atoms with Gasteiger partial charge in [0, 0.05) is 55.4 Å². The van der Waals surface area contributed by atoms with Crippen molar-refractivity contribution in [1.29, 1.82) is 0 Å². The van der Waals surface area contributed by atoms with E-state index in [2.05, 4.69) is 0 Å². The third-order valence-electron chi connectivity index (χ3n) is 2.19. The molecule has 0 radical (unpaired) electrons. The monoisotopic (exact) mass is 230 g/mol. The molecule has 1 aliphatic heterocycles. The summed E-state index contributed by atoms with van der Waals surface area (Å²) >= 11 is 0. The number of likely N-dealkylation sites (N-methyl/N-ethyl adjacent to an activating group) is 2. The topological polar surface area (TPSA) is 47.1 Å². The molecule has 0 saturated carbocycles. The summed E-state index contributed by atoms with van der Waals surface area (Å²) in [6, 6.07) is 0.148. The lowest BCUT2D eigenvalue weighted by Crippen LogP contribution is -2.33. The average Bonchev–Trinajstić information content (AvgIpc) is 2.49. The highest BCUT2D eigenvalue weighted by atomic mass is 16.2. The standard InChI is InChI=1S/C5H10N2O.C5H12N2O/c1-6-3-4-7(2)5(6)8;1-6(2)5(8)7(3)4/h3-4H2,1-2H3;1-4H3. The minimum atomic E-state index is 0.0185. The molecule has 0 bridgehead atoms. The maximum atomic E-state index is 10.8. The van der Waals surface area contributed by atoms with E-state index in [-0.39, 0.29) is 12.1 Å². The van der Waals surface area contributed by atoms with Gasteiger partial charge in [-0.05, 0) is 0 Å². The molecule has 0 aromatic carbocycles. The van der Waals surface area contributed by atoms with Gasteiger partial charge in [0.15, 0.2) is 0 Å². The summed E-state index contributed by atoms with van der Waals surface area (Å²) in [5.41, 5.74) is 0. The molecule has 1 rings (SSSR count). The second kappa shape index (κ2) is 6.19. The maximum absolute atomic E-state index is 10.8. The number of carbonyl (C=O) groups is 2. The van der Waals surface area contributed by atoms with Crippen molar-refractivity contribution in [1.82, 2.24) is 19.6 Å². The van der Waals surface area contributed by atoms with E-state index in [9.17, 15) is 9.59 Å². The molecule has 0 aromatic rings. The van der Waals surface area contributed by atoms with Gasteiger partial charge in [0.05, 0.1) is 0 Å². The first-order valence-corrected chi connectivity index (χ1v) is 5.12. The van der Waals surface area contributed by atoms with Crippen molar-refractivity contribution >= 4 is 12.1 Å². The Hall–Kier alpha value is -1.46. The van der Waals surface area contributed by atoms with Gasteiger partial charge in [-0.15, -0.1) is 0 Å². The molecule has 0 unspecified atom stereocenters. The molecule has 0 aromatic heterocycles. The van der Waals surface area contributed by atoms with Crippen LogP contribution >= 0.6 is 0 Å². The third kappa shape index (κ3) is 4.37. The van der Waals surface area contributed by atoms with E-state index < -0.39 is 0 Å². The lowest BCUT2D eigenvalue weighted by molar-refractivity contribution is 0.191. The molecule has 0 atom stereocenters. The van der Waals surface area contributed by atoms with Gasteiger partial charge in [-0.3, -0.25) is 0 Å². The molecule has 94 valence electrons. The highest BCUT2D eigenvalue weighted by molar-refractivity contribution is 5.75. The van der Waals surface area contributed by atoms with Gasteiger partial charge in [-0.1, -0.05) is 0 Å². The van der Waals surface area contributed by atoms with Gasteiger partial charge in [-0.2, -0.15) is 0 Å². The zero-order valence-corrected chi connectivity index (χ0v) is 11.0. The SMILES string of the molecule is CN(C)C(=O)N(C)C.CN1CCN(C)C1=O. The highest BCUT2D eigenvalue weighted by Gasteiger charge is 2.20. The summed E-state index contributed by atoms with van der Waals surface area (Å²) < 4.78 is 0. The van der Waals surface area contributed by atoms with Crippen LogP contribution in [0.15, 0.2) is 0 Å². The van der Waals surface area contributed by atoms with Crippen LogP contribution in [0, 0.1) is 0 Å². The minimum Gasteiger partial charge on any atom is -0.331 e. The fourth-order valence-electron chi connectivity index (χ4n) is 1.18. The molecule has 1 fully saturated rings. The molecular formula is C10H22N4O2. The Morgan fingerprint density at radius 1 is 1.00 bits per heavy atom. The summed E-state index contributed by atoms with van der Waals surface area (Å²) in [7, 11) is 10.5. The maximum Gasteiger partial charge on any atom is 0.319 e. The Kier molecular flexibility index (Phi) is 5.63. The van der Waals surface area contributed by atoms with Gasteiger partial charge < -0.3 is 19.6 Å². The predicted octanol–water partition coefficient (Wildman–Crippen LogP) is 0.213. The summed E-state index contributed by atoms with van der Waals surface area (Å²) in [6.45, 7) is 1.74. The average molecular weight is 230 g/mol. The molecule has 6 nitrogen and oxygen atoms in total. The van der Waals surface area contributed by atoms with Gasteiger partial charge in [0.25, 0.3) is 0 Å². The van der Waals surface area contributed by atoms with Crippen molar-refractivity contribution < 1.29 is 9.59 Å². The van der Waals surface area contributed by atoms with Gasteiger partial charge in [0.2, 0.25) is 0 Å². The van der Waals surface area contributed by atoms with Crippen LogP contribution in [-0.4, -0.2) is 87.0 Å². The van der Waals surface area contributed by atoms with Crippen molar-refractivity contribution in [2.24, 2.45) is 0 Å². The minimum absolute atomic E-state index is 0.0185. The lowest BCUT2D eigenvalue weighted by Gasteiger charge is -2.16. The van der Waals surface area contributed by atoms with Crippen molar-refractivity contribution in [3.8, 4) is 0 Å². The predicted molar refractivity (Wildman–Crippen MR) is 63.4 cm³/mol. The van der Waals surface area contributed by atoms with E-state index in [0.717, 1.165) is 13.1 Å². The van der Waals surface area contributed by atoms with E-state index in [0.29, 0.717) is 0 Å². The summed E-state index contributed by atoms with van der Waals surface area (Å²) in [6.07, 6.45) is 0. The first kappa shape index (κ1) is 14.5. The van der Waals surface area contributed by atoms with Gasteiger partial charge >= 0.3 is 12.1 Å². The van der Waals surface area contributed by atoms with Crippen molar-refractivity contribution in [2.45, 2.75) is 0 Å². The van der Waals surface area contributed by atoms with Crippen molar-refractivity contribution in [2.75, 3.05) is 55.4 Å². The van der Waals surface area contributed by atoms with Crippen LogP contribution in [0.4, 0.5) is 9.59 Å². The Morgan fingerprint density at radius 3 is 1.38 bits per heavy atom. The highest BCUT2D eigenvalue weighted by Crippen LogP contribution is 2.00. The number of carbonyl (C=O) groups excluding carboxylic acids is 2. The number of nitrogens with zero attached hydrogens (tertiary/aromatic N) is 4. The van der Waals surface area contributed by atoms with Gasteiger partial charge in [0.1, 0.15) is 0 Å². The Bertz CT molecular complexity index is 229. The lowest BCUT2D eigenvalue weighted by atomic mass is 10.6. The first-order chi connectivity index (χ1) is 7.27. The molecule has 1 aliphatic rings. The summed E-state index contributed by atoms with van der Waals surface area (Å²) in [4.78, 5) is 27.9. The quantitative estimate of drug-likeness (QED) is 0.597. The molecule has 1 heterocycles. The largest absolute Gasteiger partial charge is 0.331 e. The van der Waals surface area contributed by atoms with Crippen LogP contribution in [0.1, 0.15) is 0 Å². The number of hydrogen-bond acceptors (Lipinski definition) is 2. The van der Waals surface area contributed by atoms with E-state index in [4.69, 9.17) is 0 Å². The normalized spacial score (nSPS) is 14.5. The fourth-order valence-corrected chi connectivity index (χ4v) is 1.18. The molecule has 0 spiro atoms. The van der Waals surface area contributed by atoms with E-state index in [1.165, 1.54) is 9.80 Å². The smallest absolute Gasteiger partial charge is 0.319 e. The number of hydrogen-bond donors (Lipinski definition) is 0. The number of amides is 4. The first-order valence-electron chi connectivity index (χ1n) is 5.12. The molecule has 4 amide bonds. The van der Waals surface area contributed by atoms with Crippen LogP contribution < -0.4 is 0 Å². The molecule has 0 N–H and O–H groups in total. The third-order valence-corrected chi connectivity index (χ3v) is 2.19.